The third-order valence-corrected chi connectivity index (χ3v) is 7.98. The number of benzene rings is 1. The molecule has 7 nitrogen and oxygen atoms in total. The molecule has 0 unspecified atom stereocenters. The van der Waals surface area contributed by atoms with Crippen molar-refractivity contribution in [3.05, 3.63) is 41.7 Å². The third-order valence-electron chi connectivity index (χ3n) is 6.28. The maximum Gasteiger partial charge on any atom is 0.339 e. The molecule has 0 aliphatic heterocycles. The van der Waals surface area contributed by atoms with Crippen molar-refractivity contribution in [3.8, 4) is 22.6 Å². The Kier molecular flexibility index (Phi) is 7.00. The van der Waals surface area contributed by atoms with Gasteiger partial charge >= 0.3 is 5.97 Å². The summed E-state index contributed by atoms with van der Waals surface area (Å²) in [6, 6.07) is 8.69. The van der Waals surface area contributed by atoms with E-state index in [-0.39, 0.29) is 12.3 Å². The summed E-state index contributed by atoms with van der Waals surface area (Å²) in [6.07, 6.45) is 4.05. The molecule has 2 aromatic heterocycles. The minimum absolute atomic E-state index is 0.203. The fraction of sp³-hybridized carbons (Fsp3) is 0.462. The smallest absolute Gasteiger partial charge is 0.339 e. The number of aromatic carboxylic acids is 1. The van der Waals surface area contributed by atoms with Gasteiger partial charge in [-0.1, -0.05) is 19.6 Å². The molecule has 1 saturated carbocycles. The number of hydrogen-bond acceptors (Lipinski definition) is 5. The van der Waals surface area contributed by atoms with Gasteiger partial charge in [-0.25, -0.2) is 4.79 Å². The van der Waals surface area contributed by atoms with Crippen molar-refractivity contribution in [3.63, 3.8) is 0 Å². The van der Waals surface area contributed by atoms with E-state index in [9.17, 15) is 9.90 Å². The summed E-state index contributed by atoms with van der Waals surface area (Å²) in [6.45, 7) is 10.3. The first-order valence-electron chi connectivity index (χ1n) is 11.8. The van der Waals surface area contributed by atoms with Crippen LogP contribution in [-0.2, 0) is 11.5 Å². The maximum atomic E-state index is 12.2. The van der Waals surface area contributed by atoms with Crippen LogP contribution in [0.4, 0.5) is 0 Å². The van der Waals surface area contributed by atoms with Gasteiger partial charge in [0.05, 0.1) is 19.2 Å². The van der Waals surface area contributed by atoms with Crippen LogP contribution in [0, 0.1) is 12.8 Å². The molecule has 0 radical (unpaired) electrons. The van der Waals surface area contributed by atoms with E-state index in [4.69, 9.17) is 14.2 Å². The number of hydrogen-bond donors (Lipinski definition) is 1. The molecule has 1 aliphatic carbocycles. The largest absolute Gasteiger partial charge is 0.497 e. The molecule has 0 bridgehead atoms. The van der Waals surface area contributed by atoms with Gasteiger partial charge in [0.15, 0.2) is 0 Å². The summed E-state index contributed by atoms with van der Waals surface area (Å²) in [5.41, 5.74) is 3.71. The van der Waals surface area contributed by atoms with Gasteiger partial charge in [0.25, 0.3) is 0 Å². The summed E-state index contributed by atoms with van der Waals surface area (Å²) < 4.78 is 19.7. The number of pyridine rings is 1. The molecule has 2 heterocycles. The molecule has 8 heteroatoms. The second-order valence-electron chi connectivity index (χ2n) is 10.2. The van der Waals surface area contributed by atoms with Gasteiger partial charge in [0.2, 0.25) is 0 Å². The number of carboxylic acid groups (broad SMARTS) is 1. The van der Waals surface area contributed by atoms with Crippen LogP contribution in [0.3, 0.4) is 0 Å². The van der Waals surface area contributed by atoms with Crippen LogP contribution in [0.5, 0.6) is 11.5 Å². The van der Waals surface area contributed by atoms with Crippen molar-refractivity contribution in [1.82, 2.24) is 9.55 Å². The second kappa shape index (κ2) is 9.80. The number of carbonyl (C=O) groups is 1. The maximum absolute atomic E-state index is 12.2. The average molecular weight is 483 g/mol. The number of aromatic nitrogens is 2. The zero-order valence-corrected chi connectivity index (χ0v) is 21.7. The zero-order chi connectivity index (χ0) is 24.5. The number of methoxy groups -OCH3 is 1. The van der Waals surface area contributed by atoms with Crippen LogP contribution in [0.1, 0.15) is 28.9 Å². The molecule has 1 N–H and O–H groups in total. The Balaban J connectivity index is 1.82. The van der Waals surface area contributed by atoms with E-state index in [0.29, 0.717) is 36.1 Å². The molecule has 0 amide bonds. The Bertz CT molecular complexity index is 1190. The van der Waals surface area contributed by atoms with Crippen LogP contribution >= 0.6 is 0 Å². The predicted octanol–water partition coefficient (Wildman–Crippen LogP) is 5.82. The van der Waals surface area contributed by atoms with Gasteiger partial charge < -0.3 is 23.9 Å². The minimum atomic E-state index is -1.24. The number of nitrogens with zero attached hydrogens (tertiary/aromatic N) is 2. The molecule has 1 aromatic carbocycles. The van der Waals surface area contributed by atoms with Gasteiger partial charge in [0, 0.05) is 37.7 Å². The fourth-order valence-corrected chi connectivity index (χ4v) is 4.77. The van der Waals surface area contributed by atoms with E-state index in [0.717, 1.165) is 28.4 Å². The highest BCUT2D eigenvalue weighted by Gasteiger charge is 2.26. The molecule has 34 heavy (non-hydrogen) atoms. The number of fused-ring (bicyclic) bond motifs is 1. The Morgan fingerprint density at radius 2 is 1.97 bits per heavy atom. The molecule has 1 aliphatic rings. The van der Waals surface area contributed by atoms with Gasteiger partial charge in [-0.2, -0.15) is 0 Å². The predicted molar refractivity (Wildman–Crippen MR) is 136 cm³/mol. The summed E-state index contributed by atoms with van der Waals surface area (Å²) in [7, 11) is 0.391. The first-order valence-corrected chi connectivity index (χ1v) is 15.5. The Hall–Kier alpha value is -2.84. The summed E-state index contributed by atoms with van der Waals surface area (Å²) in [5, 5.41) is 9.97. The number of carboxylic acids is 1. The van der Waals surface area contributed by atoms with Crippen molar-refractivity contribution < 1.29 is 24.1 Å². The first kappa shape index (κ1) is 24.3. The number of ether oxygens (including phenoxy) is 3. The van der Waals surface area contributed by atoms with Gasteiger partial charge in [-0.05, 0) is 56.0 Å². The quantitative estimate of drug-likeness (QED) is 0.274. The van der Waals surface area contributed by atoms with Crippen molar-refractivity contribution in [2.45, 2.75) is 52.2 Å². The van der Waals surface area contributed by atoms with Gasteiger partial charge in [-0.3, -0.25) is 4.98 Å². The lowest BCUT2D eigenvalue weighted by atomic mass is 10.0. The van der Waals surface area contributed by atoms with Crippen LogP contribution < -0.4 is 9.47 Å². The highest BCUT2D eigenvalue weighted by atomic mass is 28.3. The summed E-state index contributed by atoms with van der Waals surface area (Å²) >= 11 is 0. The van der Waals surface area contributed by atoms with E-state index in [1.807, 2.05) is 35.8 Å². The molecular weight excluding hydrogens is 448 g/mol. The van der Waals surface area contributed by atoms with E-state index < -0.39 is 14.0 Å². The molecular formula is C26H34N2O5Si. The van der Waals surface area contributed by atoms with Gasteiger partial charge in [-0.15, -0.1) is 0 Å². The average Bonchev–Trinajstić information content (AvgIpc) is 3.57. The second-order valence-corrected chi connectivity index (χ2v) is 15.8. The lowest BCUT2D eigenvalue weighted by Crippen LogP contribution is -2.22. The Labute approximate surface area is 201 Å². The topological polar surface area (TPSA) is 82.8 Å². The normalized spacial score (nSPS) is 13.9. The SMILES string of the molecule is COc1ccc(OCC2CC2)c(-c2ccnc3c(C(=O)O)c(C)n(COCC[Si](C)(C)C)c23)c1. The summed E-state index contributed by atoms with van der Waals surface area (Å²) in [5.74, 6) is 1.07. The van der Waals surface area contributed by atoms with E-state index in [1.54, 1.807) is 13.3 Å². The zero-order valence-electron chi connectivity index (χ0n) is 20.7. The molecule has 0 saturated heterocycles. The Morgan fingerprint density at radius 1 is 1.21 bits per heavy atom. The molecule has 0 atom stereocenters. The molecule has 0 spiro atoms. The summed E-state index contributed by atoms with van der Waals surface area (Å²) in [4.78, 5) is 16.6. The lowest BCUT2D eigenvalue weighted by Gasteiger charge is -2.18. The lowest BCUT2D eigenvalue weighted by molar-refractivity contribution is 0.0694. The number of rotatable bonds is 11. The molecule has 4 rings (SSSR count). The highest BCUT2D eigenvalue weighted by molar-refractivity contribution is 6.76. The van der Waals surface area contributed by atoms with Crippen molar-refractivity contribution in [2.24, 2.45) is 5.92 Å². The standard InChI is InChI=1S/C26H34N2O5Si/c1-17-23(26(29)30)24-25(28(17)16-32-12-13-34(3,4)5)20(10-11-27-24)21-14-19(31-2)8-9-22(21)33-15-18-6-7-18/h8-11,14,18H,6-7,12-13,15-16H2,1-5H3,(H,29,30). The van der Waals surface area contributed by atoms with Crippen molar-refractivity contribution in [2.75, 3.05) is 20.3 Å². The van der Waals surface area contributed by atoms with Crippen LogP contribution in [0.2, 0.25) is 25.7 Å². The van der Waals surface area contributed by atoms with Crippen LogP contribution in [0.25, 0.3) is 22.2 Å². The van der Waals surface area contributed by atoms with E-state index in [1.165, 1.54) is 12.8 Å². The molecule has 3 aromatic rings. The van der Waals surface area contributed by atoms with Crippen molar-refractivity contribution in [1.29, 1.82) is 0 Å². The molecule has 1 fully saturated rings. The van der Waals surface area contributed by atoms with E-state index >= 15 is 0 Å². The van der Waals surface area contributed by atoms with E-state index in [2.05, 4.69) is 24.6 Å². The van der Waals surface area contributed by atoms with Gasteiger partial charge in [0.1, 0.15) is 29.3 Å². The monoisotopic (exact) mass is 482 g/mol. The molecule has 182 valence electrons. The van der Waals surface area contributed by atoms with Crippen LogP contribution in [0.15, 0.2) is 30.5 Å². The van der Waals surface area contributed by atoms with Crippen LogP contribution in [-0.4, -0.2) is 49.0 Å². The Morgan fingerprint density at radius 3 is 2.62 bits per heavy atom. The third kappa shape index (κ3) is 5.28. The minimum Gasteiger partial charge on any atom is -0.497 e. The fourth-order valence-electron chi connectivity index (χ4n) is 4.02. The van der Waals surface area contributed by atoms with Crippen molar-refractivity contribution >= 4 is 25.1 Å². The first-order chi connectivity index (χ1) is 16.2. The highest BCUT2D eigenvalue weighted by Crippen LogP contribution is 2.40.